The molecule has 0 fully saturated rings. The van der Waals surface area contributed by atoms with Crippen LogP contribution in [0.4, 0.5) is 0 Å². The summed E-state index contributed by atoms with van der Waals surface area (Å²) in [5.41, 5.74) is 1.35. The van der Waals surface area contributed by atoms with Crippen molar-refractivity contribution in [1.82, 2.24) is 9.88 Å². The first-order valence-corrected chi connectivity index (χ1v) is 5.40. The molecule has 0 amide bonds. The van der Waals surface area contributed by atoms with Gasteiger partial charge < -0.3 is 4.90 Å². The number of rotatable bonds is 6. The molecule has 0 bridgehead atoms. The maximum absolute atomic E-state index is 4.01. The van der Waals surface area contributed by atoms with Gasteiger partial charge in [-0.1, -0.05) is 19.8 Å². The number of unbranched alkanes of at least 4 members (excludes halogenated alkanes) is 2. The smallest absolute Gasteiger partial charge is 0.0271 e. The van der Waals surface area contributed by atoms with Gasteiger partial charge in [0.1, 0.15) is 0 Å². The molecule has 1 heterocycles. The van der Waals surface area contributed by atoms with Crippen molar-refractivity contribution in [3.8, 4) is 0 Å². The summed E-state index contributed by atoms with van der Waals surface area (Å²) >= 11 is 0. The molecule has 1 aromatic heterocycles. The van der Waals surface area contributed by atoms with Gasteiger partial charge in [-0.15, -0.1) is 0 Å². The Hall–Kier alpha value is -0.890. The molecule has 0 saturated heterocycles. The molecule has 2 heteroatoms. The summed E-state index contributed by atoms with van der Waals surface area (Å²) in [6.07, 6.45) is 7.65. The van der Waals surface area contributed by atoms with Gasteiger partial charge in [0.2, 0.25) is 0 Å². The minimum Gasteiger partial charge on any atom is -0.302 e. The third kappa shape index (κ3) is 4.38. The molecule has 0 aliphatic carbocycles. The molecule has 0 saturated carbocycles. The Morgan fingerprint density at radius 1 is 1.21 bits per heavy atom. The standard InChI is InChI=1S/C12H20N2/c1-3-4-5-10-14(2)11-12-6-8-13-9-7-12/h6-9H,3-5,10-11H2,1-2H3. The zero-order valence-corrected chi connectivity index (χ0v) is 9.24. The Bertz CT molecular complexity index is 233. The molecule has 0 spiro atoms. The van der Waals surface area contributed by atoms with Gasteiger partial charge in [0.15, 0.2) is 0 Å². The van der Waals surface area contributed by atoms with E-state index in [1.165, 1.54) is 31.4 Å². The second-order valence-corrected chi connectivity index (χ2v) is 3.80. The van der Waals surface area contributed by atoms with Gasteiger partial charge in [0.25, 0.3) is 0 Å². The van der Waals surface area contributed by atoms with Crippen molar-refractivity contribution in [2.24, 2.45) is 0 Å². The van der Waals surface area contributed by atoms with Crippen molar-refractivity contribution in [3.05, 3.63) is 30.1 Å². The fourth-order valence-electron chi connectivity index (χ4n) is 1.51. The second-order valence-electron chi connectivity index (χ2n) is 3.80. The predicted molar refractivity (Wildman–Crippen MR) is 60.1 cm³/mol. The molecular weight excluding hydrogens is 172 g/mol. The third-order valence-electron chi connectivity index (χ3n) is 2.35. The molecule has 2 nitrogen and oxygen atoms in total. The molecule has 0 aliphatic heterocycles. The number of pyridine rings is 1. The summed E-state index contributed by atoms with van der Waals surface area (Å²) in [6, 6.07) is 4.16. The first kappa shape index (κ1) is 11.2. The molecule has 0 radical (unpaired) electrons. The molecule has 0 aromatic carbocycles. The lowest BCUT2D eigenvalue weighted by molar-refractivity contribution is 0.318. The van der Waals surface area contributed by atoms with Gasteiger partial charge in [-0.25, -0.2) is 0 Å². The van der Waals surface area contributed by atoms with Crippen LogP contribution in [0, 0.1) is 0 Å². The fourth-order valence-corrected chi connectivity index (χ4v) is 1.51. The monoisotopic (exact) mass is 192 g/mol. The van der Waals surface area contributed by atoms with Crippen molar-refractivity contribution in [2.75, 3.05) is 13.6 Å². The fraction of sp³-hybridized carbons (Fsp3) is 0.583. The van der Waals surface area contributed by atoms with Gasteiger partial charge in [-0.2, -0.15) is 0 Å². The maximum Gasteiger partial charge on any atom is 0.0271 e. The summed E-state index contributed by atoms with van der Waals surface area (Å²) < 4.78 is 0. The van der Waals surface area contributed by atoms with Crippen LogP contribution in [0.2, 0.25) is 0 Å². The number of hydrogen-bond donors (Lipinski definition) is 0. The van der Waals surface area contributed by atoms with E-state index in [1.54, 1.807) is 0 Å². The van der Waals surface area contributed by atoms with Gasteiger partial charge in [0, 0.05) is 18.9 Å². The molecule has 0 N–H and O–H groups in total. The first-order valence-electron chi connectivity index (χ1n) is 5.40. The zero-order chi connectivity index (χ0) is 10.2. The molecule has 0 atom stereocenters. The maximum atomic E-state index is 4.01. The summed E-state index contributed by atoms with van der Waals surface area (Å²) in [4.78, 5) is 6.38. The summed E-state index contributed by atoms with van der Waals surface area (Å²) in [7, 11) is 2.18. The Kier molecular flexibility index (Phi) is 5.23. The van der Waals surface area contributed by atoms with Gasteiger partial charge >= 0.3 is 0 Å². The van der Waals surface area contributed by atoms with Crippen LogP contribution >= 0.6 is 0 Å². The largest absolute Gasteiger partial charge is 0.302 e. The first-order chi connectivity index (χ1) is 6.83. The number of hydrogen-bond acceptors (Lipinski definition) is 2. The Morgan fingerprint density at radius 3 is 2.57 bits per heavy atom. The third-order valence-corrected chi connectivity index (χ3v) is 2.35. The van der Waals surface area contributed by atoms with Crippen molar-refractivity contribution in [3.63, 3.8) is 0 Å². The molecule has 14 heavy (non-hydrogen) atoms. The van der Waals surface area contributed by atoms with E-state index in [9.17, 15) is 0 Å². The van der Waals surface area contributed by atoms with Crippen LogP contribution in [0.3, 0.4) is 0 Å². The van der Waals surface area contributed by atoms with Crippen molar-refractivity contribution in [1.29, 1.82) is 0 Å². The molecule has 0 unspecified atom stereocenters. The van der Waals surface area contributed by atoms with Crippen LogP contribution < -0.4 is 0 Å². The lowest BCUT2D eigenvalue weighted by atomic mass is 10.2. The van der Waals surface area contributed by atoms with Crippen molar-refractivity contribution in [2.45, 2.75) is 32.7 Å². The van der Waals surface area contributed by atoms with Crippen LogP contribution in [-0.4, -0.2) is 23.5 Å². The van der Waals surface area contributed by atoms with E-state index >= 15 is 0 Å². The average Bonchev–Trinajstić information content (AvgIpc) is 2.20. The Labute approximate surface area is 87.0 Å². The zero-order valence-electron chi connectivity index (χ0n) is 9.24. The predicted octanol–water partition coefficient (Wildman–Crippen LogP) is 2.70. The van der Waals surface area contributed by atoms with Gasteiger partial charge in [-0.05, 0) is 37.7 Å². The quantitative estimate of drug-likeness (QED) is 0.644. The van der Waals surface area contributed by atoms with Crippen molar-refractivity contribution < 1.29 is 0 Å². The van der Waals surface area contributed by atoms with E-state index in [2.05, 4.69) is 36.0 Å². The SMILES string of the molecule is CCCCCN(C)Cc1ccncc1. The Morgan fingerprint density at radius 2 is 1.93 bits per heavy atom. The highest BCUT2D eigenvalue weighted by atomic mass is 15.1. The summed E-state index contributed by atoms with van der Waals surface area (Å²) in [6.45, 7) is 4.46. The second kappa shape index (κ2) is 6.55. The summed E-state index contributed by atoms with van der Waals surface area (Å²) in [5.74, 6) is 0. The van der Waals surface area contributed by atoms with Crippen LogP contribution in [-0.2, 0) is 6.54 Å². The highest BCUT2D eigenvalue weighted by Crippen LogP contribution is 2.03. The van der Waals surface area contributed by atoms with E-state index < -0.39 is 0 Å². The molecular formula is C12H20N2. The van der Waals surface area contributed by atoms with E-state index in [1.807, 2.05) is 12.4 Å². The van der Waals surface area contributed by atoms with Crippen LogP contribution in [0.15, 0.2) is 24.5 Å². The van der Waals surface area contributed by atoms with E-state index in [-0.39, 0.29) is 0 Å². The van der Waals surface area contributed by atoms with Gasteiger partial charge in [0.05, 0.1) is 0 Å². The van der Waals surface area contributed by atoms with Crippen LogP contribution in [0.25, 0.3) is 0 Å². The van der Waals surface area contributed by atoms with E-state index in [0.29, 0.717) is 0 Å². The number of aromatic nitrogens is 1. The van der Waals surface area contributed by atoms with Gasteiger partial charge in [-0.3, -0.25) is 4.98 Å². The summed E-state index contributed by atoms with van der Waals surface area (Å²) in [5, 5.41) is 0. The molecule has 1 rings (SSSR count). The Balaban J connectivity index is 2.23. The molecule has 0 aliphatic rings. The topological polar surface area (TPSA) is 16.1 Å². The van der Waals surface area contributed by atoms with Crippen LogP contribution in [0.1, 0.15) is 31.7 Å². The minimum absolute atomic E-state index is 1.03. The molecule has 1 aromatic rings. The molecule has 78 valence electrons. The van der Waals surface area contributed by atoms with E-state index in [4.69, 9.17) is 0 Å². The average molecular weight is 192 g/mol. The highest BCUT2D eigenvalue weighted by Gasteiger charge is 1.98. The minimum atomic E-state index is 1.03. The normalized spacial score (nSPS) is 10.8. The van der Waals surface area contributed by atoms with Crippen LogP contribution in [0.5, 0.6) is 0 Å². The van der Waals surface area contributed by atoms with E-state index in [0.717, 1.165) is 6.54 Å². The van der Waals surface area contributed by atoms with Crippen molar-refractivity contribution >= 4 is 0 Å². The lowest BCUT2D eigenvalue weighted by Gasteiger charge is -2.15. The highest BCUT2D eigenvalue weighted by molar-refractivity contribution is 5.08. The number of nitrogens with zero attached hydrogens (tertiary/aromatic N) is 2. The lowest BCUT2D eigenvalue weighted by Crippen LogP contribution is -2.18.